The predicted octanol–water partition coefficient (Wildman–Crippen LogP) is 1.12. The molecule has 0 spiro atoms. The lowest BCUT2D eigenvalue weighted by Crippen LogP contribution is -2.41. The predicted molar refractivity (Wildman–Crippen MR) is 68.6 cm³/mol. The molecule has 0 heterocycles. The molecule has 2 N–H and O–H groups in total. The third-order valence-corrected chi connectivity index (χ3v) is 4.38. The molecule has 3 atom stereocenters. The zero-order valence-corrected chi connectivity index (χ0v) is 11.0. The molecule has 1 fully saturated rings. The van der Waals surface area contributed by atoms with Gasteiger partial charge in [0.25, 0.3) is 0 Å². The van der Waals surface area contributed by atoms with Gasteiger partial charge in [-0.2, -0.15) is 0 Å². The van der Waals surface area contributed by atoms with Crippen LogP contribution in [-0.4, -0.2) is 48.5 Å². The highest BCUT2D eigenvalue weighted by atomic mass is 16.3. The quantitative estimate of drug-likeness (QED) is 0.683. The zero-order valence-electron chi connectivity index (χ0n) is 11.0. The Morgan fingerprint density at radius 1 is 1.24 bits per heavy atom. The standard InChI is InChI=1S/C14H25NO2/c1-14(9-16,10-17)8-15(2)7-13-6-11-3-4-12(13)5-11/h3-4,11-13,16-17H,5-10H2,1-2H3/t11-,12-,13-/m0/s1. The number of hydrogen-bond acceptors (Lipinski definition) is 3. The largest absolute Gasteiger partial charge is 0.396 e. The van der Waals surface area contributed by atoms with Crippen molar-refractivity contribution in [2.24, 2.45) is 23.2 Å². The Hall–Kier alpha value is -0.380. The first-order chi connectivity index (χ1) is 8.06. The first-order valence-electron chi connectivity index (χ1n) is 6.65. The summed E-state index contributed by atoms with van der Waals surface area (Å²) in [5, 5.41) is 18.6. The van der Waals surface area contributed by atoms with E-state index >= 15 is 0 Å². The molecule has 0 aromatic rings. The molecule has 2 rings (SSSR count). The van der Waals surface area contributed by atoms with Crippen LogP contribution in [0.2, 0.25) is 0 Å². The molecular formula is C14H25NO2. The van der Waals surface area contributed by atoms with Crippen LogP contribution in [0.1, 0.15) is 19.8 Å². The van der Waals surface area contributed by atoms with E-state index in [2.05, 4.69) is 24.1 Å². The van der Waals surface area contributed by atoms with E-state index in [0.717, 1.165) is 30.8 Å². The smallest absolute Gasteiger partial charge is 0.0519 e. The van der Waals surface area contributed by atoms with Gasteiger partial charge in [0.15, 0.2) is 0 Å². The fraction of sp³-hybridized carbons (Fsp3) is 0.857. The zero-order chi connectivity index (χ0) is 12.5. The maximum Gasteiger partial charge on any atom is 0.0519 e. The van der Waals surface area contributed by atoms with Crippen LogP contribution in [0.15, 0.2) is 12.2 Å². The van der Waals surface area contributed by atoms with Crippen LogP contribution in [0.4, 0.5) is 0 Å². The van der Waals surface area contributed by atoms with Crippen molar-refractivity contribution in [2.75, 3.05) is 33.4 Å². The Kier molecular flexibility index (Phi) is 3.91. The Morgan fingerprint density at radius 3 is 2.41 bits per heavy atom. The molecule has 3 nitrogen and oxygen atoms in total. The highest BCUT2D eigenvalue weighted by molar-refractivity contribution is 5.10. The molecule has 2 bridgehead atoms. The second-order valence-corrected chi connectivity index (χ2v) is 6.36. The number of allylic oxidation sites excluding steroid dienone is 2. The van der Waals surface area contributed by atoms with Gasteiger partial charge >= 0.3 is 0 Å². The SMILES string of the molecule is CN(C[C@@H]1C[C@H]2C=C[C@H]1C2)CC(C)(CO)CO. The number of nitrogens with zero attached hydrogens (tertiary/aromatic N) is 1. The van der Waals surface area contributed by atoms with Crippen LogP contribution in [0, 0.1) is 23.2 Å². The van der Waals surface area contributed by atoms with E-state index in [1.807, 2.05) is 6.92 Å². The van der Waals surface area contributed by atoms with Crippen molar-refractivity contribution >= 4 is 0 Å². The van der Waals surface area contributed by atoms with E-state index in [0.29, 0.717) is 0 Å². The van der Waals surface area contributed by atoms with Crippen LogP contribution in [0.3, 0.4) is 0 Å². The van der Waals surface area contributed by atoms with Gasteiger partial charge in [0.05, 0.1) is 13.2 Å². The number of aliphatic hydroxyl groups excluding tert-OH is 2. The Labute approximate surface area is 104 Å². The summed E-state index contributed by atoms with van der Waals surface area (Å²) < 4.78 is 0. The van der Waals surface area contributed by atoms with E-state index in [1.54, 1.807) is 0 Å². The molecule has 0 amide bonds. The Morgan fingerprint density at radius 2 is 1.94 bits per heavy atom. The summed E-state index contributed by atoms with van der Waals surface area (Å²) in [6, 6.07) is 0. The minimum Gasteiger partial charge on any atom is -0.396 e. The summed E-state index contributed by atoms with van der Waals surface area (Å²) in [5.74, 6) is 2.37. The summed E-state index contributed by atoms with van der Waals surface area (Å²) in [7, 11) is 2.10. The molecular weight excluding hydrogens is 214 g/mol. The third-order valence-electron chi connectivity index (χ3n) is 4.38. The van der Waals surface area contributed by atoms with Gasteiger partial charge in [-0.3, -0.25) is 0 Å². The lowest BCUT2D eigenvalue weighted by molar-refractivity contribution is 0.0373. The topological polar surface area (TPSA) is 43.7 Å². The molecule has 0 saturated heterocycles. The average molecular weight is 239 g/mol. The molecule has 0 radical (unpaired) electrons. The van der Waals surface area contributed by atoms with Crippen LogP contribution < -0.4 is 0 Å². The maximum atomic E-state index is 9.30. The maximum absolute atomic E-state index is 9.30. The highest BCUT2D eigenvalue weighted by Crippen LogP contribution is 2.43. The minimum absolute atomic E-state index is 0.0461. The van der Waals surface area contributed by atoms with Crippen molar-refractivity contribution in [3.63, 3.8) is 0 Å². The Balaban J connectivity index is 1.81. The van der Waals surface area contributed by atoms with Crippen molar-refractivity contribution < 1.29 is 10.2 Å². The summed E-state index contributed by atoms with van der Waals surface area (Å²) in [5.41, 5.74) is -0.373. The van der Waals surface area contributed by atoms with Gasteiger partial charge in [0.1, 0.15) is 0 Å². The van der Waals surface area contributed by atoms with Crippen molar-refractivity contribution in [3.8, 4) is 0 Å². The van der Waals surface area contributed by atoms with Crippen molar-refractivity contribution in [1.29, 1.82) is 0 Å². The number of rotatable bonds is 6. The Bertz CT molecular complexity index is 286. The van der Waals surface area contributed by atoms with E-state index < -0.39 is 0 Å². The van der Waals surface area contributed by atoms with Crippen LogP contribution in [0.5, 0.6) is 0 Å². The molecule has 3 heteroatoms. The monoisotopic (exact) mass is 239 g/mol. The molecule has 2 aliphatic rings. The normalized spacial score (nSPS) is 31.7. The molecule has 0 aromatic heterocycles. The molecule has 0 unspecified atom stereocenters. The van der Waals surface area contributed by atoms with Gasteiger partial charge in [-0.05, 0) is 37.6 Å². The van der Waals surface area contributed by atoms with Gasteiger partial charge in [-0.25, -0.2) is 0 Å². The van der Waals surface area contributed by atoms with E-state index in [9.17, 15) is 10.2 Å². The van der Waals surface area contributed by atoms with Gasteiger partial charge in [-0.15, -0.1) is 0 Å². The van der Waals surface area contributed by atoms with Crippen molar-refractivity contribution in [2.45, 2.75) is 19.8 Å². The van der Waals surface area contributed by atoms with E-state index in [1.165, 1.54) is 12.8 Å². The highest BCUT2D eigenvalue weighted by Gasteiger charge is 2.36. The minimum atomic E-state index is -0.373. The number of aliphatic hydroxyl groups is 2. The second-order valence-electron chi connectivity index (χ2n) is 6.36. The number of fused-ring (bicyclic) bond motifs is 2. The average Bonchev–Trinajstić information content (AvgIpc) is 2.90. The second kappa shape index (κ2) is 5.09. The van der Waals surface area contributed by atoms with Gasteiger partial charge in [0, 0.05) is 18.5 Å². The molecule has 98 valence electrons. The number of hydrogen-bond donors (Lipinski definition) is 2. The van der Waals surface area contributed by atoms with Crippen molar-refractivity contribution in [1.82, 2.24) is 4.90 Å². The van der Waals surface area contributed by atoms with Crippen molar-refractivity contribution in [3.05, 3.63) is 12.2 Å². The molecule has 0 aromatic carbocycles. The fourth-order valence-electron chi connectivity index (χ4n) is 3.37. The van der Waals surface area contributed by atoms with E-state index in [-0.39, 0.29) is 18.6 Å². The summed E-state index contributed by atoms with van der Waals surface area (Å²) in [6.45, 7) is 3.87. The van der Waals surface area contributed by atoms with Crippen LogP contribution >= 0.6 is 0 Å². The fourth-order valence-corrected chi connectivity index (χ4v) is 3.37. The van der Waals surface area contributed by atoms with Crippen LogP contribution in [0.25, 0.3) is 0 Å². The van der Waals surface area contributed by atoms with Gasteiger partial charge in [-0.1, -0.05) is 19.1 Å². The summed E-state index contributed by atoms with van der Waals surface area (Å²) >= 11 is 0. The van der Waals surface area contributed by atoms with E-state index in [4.69, 9.17) is 0 Å². The lowest BCUT2D eigenvalue weighted by atomic mass is 9.90. The lowest BCUT2D eigenvalue weighted by Gasteiger charge is -2.33. The first kappa shape index (κ1) is 13.1. The van der Waals surface area contributed by atoms with Gasteiger partial charge in [0.2, 0.25) is 0 Å². The summed E-state index contributed by atoms with van der Waals surface area (Å²) in [4.78, 5) is 2.27. The molecule has 0 aliphatic heterocycles. The first-order valence-corrected chi connectivity index (χ1v) is 6.65. The molecule has 17 heavy (non-hydrogen) atoms. The van der Waals surface area contributed by atoms with Crippen LogP contribution in [-0.2, 0) is 0 Å². The molecule has 2 aliphatic carbocycles. The van der Waals surface area contributed by atoms with Gasteiger partial charge < -0.3 is 15.1 Å². The summed E-state index contributed by atoms with van der Waals surface area (Å²) in [6.07, 6.45) is 7.41. The third kappa shape index (κ3) is 2.90. The molecule has 1 saturated carbocycles.